The third-order valence-corrected chi connectivity index (χ3v) is 4.93. The average Bonchev–Trinajstić information content (AvgIpc) is 2.42. The van der Waals surface area contributed by atoms with Crippen LogP contribution >= 0.6 is 0 Å². The quantitative estimate of drug-likeness (QED) is 0.735. The number of amides is 2. The van der Waals surface area contributed by atoms with Gasteiger partial charge in [-0.1, -0.05) is 26.7 Å². The second-order valence-corrected chi connectivity index (χ2v) is 6.75. The monoisotopic (exact) mass is 298 g/mol. The molecule has 0 aromatic rings. The van der Waals surface area contributed by atoms with Gasteiger partial charge in [-0.3, -0.25) is 0 Å². The second kappa shape index (κ2) is 6.22. The van der Waals surface area contributed by atoms with Gasteiger partial charge in [-0.05, 0) is 25.2 Å². The number of carboxylic acid groups (broad SMARTS) is 1. The van der Waals surface area contributed by atoms with E-state index in [2.05, 4.69) is 5.32 Å². The number of urea groups is 1. The van der Waals surface area contributed by atoms with Crippen LogP contribution in [0.3, 0.4) is 0 Å². The molecule has 120 valence electrons. The van der Waals surface area contributed by atoms with E-state index >= 15 is 0 Å². The fraction of sp³-hybridized carbons (Fsp3) is 0.867. The van der Waals surface area contributed by atoms with Crippen molar-refractivity contribution in [2.45, 2.75) is 57.6 Å². The molecule has 2 rings (SSSR count). The minimum atomic E-state index is -1.01. The first-order chi connectivity index (χ1) is 9.83. The molecule has 2 aliphatic rings. The van der Waals surface area contributed by atoms with Gasteiger partial charge in [0.05, 0.1) is 5.60 Å². The molecular weight excluding hydrogens is 272 g/mol. The number of carbonyl (C=O) groups is 2. The summed E-state index contributed by atoms with van der Waals surface area (Å²) in [6.07, 6.45) is 4.48. The van der Waals surface area contributed by atoms with E-state index in [-0.39, 0.29) is 17.9 Å². The number of nitrogens with zero attached hydrogens (tertiary/aromatic N) is 1. The third-order valence-electron chi connectivity index (χ3n) is 4.93. The maximum Gasteiger partial charge on any atom is 0.326 e. The molecule has 3 atom stereocenters. The Kier molecular flexibility index (Phi) is 4.76. The van der Waals surface area contributed by atoms with Crippen molar-refractivity contribution >= 4 is 12.0 Å². The van der Waals surface area contributed by atoms with Gasteiger partial charge in [0, 0.05) is 19.0 Å². The van der Waals surface area contributed by atoms with Crippen LogP contribution in [0.15, 0.2) is 0 Å². The number of aliphatic carboxylic acids is 1. The molecule has 1 aliphatic carbocycles. The Hall–Kier alpha value is -1.30. The molecule has 0 bridgehead atoms. The Morgan fingerprint density at radius 2 is 2.00 bits per heavy atom. The molecule has 1 aliphatic heterocycles. The number of carbonyl (C=O) groups excluding carboxylic acids is 1. The largest absolute Gasteiger partial charge is 0.480 e. The lowest BCUT2D eigenvalue weighted by atomic mass is 9.71. The summed E-state index contributed by atoms with van der Waals surface area (Å²) in [6.45, 7) is 4.56. The third kappa shape index (κ3) is 3.48. The highest BCUT2D eigenvalue weighted by Gasteiger charge is 2.44. The molecule has 1 saturated heterocycles. The number of rotatable bonds is 3. The Labute approximate surface area is 125 Å². The molecule has 6 nitrogen and oxygen atoms in total. The zero-order valence-electron chi connectivity index (χ0n) is 12.8. The maximum atomic E-state index is 12.3. The number of nitrogens with one attached hydrogen (secondary N) is 1. The van der Waals surface area contributed by atoms with Gasteiger partial charge in [0.2, 0.25) is 0 Å². The van der Waals surface area contributed by atoms with Gasteiger partial charge < -0.3 is 20.4 Å². The van der Waals surface area contributed by atoms with Crippen LogP contribution in [0.4, 0.5) is 4.79 Å². The lowest BCUT2D eigenvalue weighted by Gasteiger charge is -2.47. The number of fused-ring (bicyclic) bond motifs is 1. The molecule has 2 amide bonds. The van der Waals surface area contributed by atoms with Gasteiger partial charge in [-0.2, -0.15) is 0 Å². The molecule has 6 heteroatoms. The van der Waals surface area contributed by atoms with Crippen molar-refractivity contribution in [2.75, 3.05) is 13.1 Å². The molecule has 1 saturated carbocycles. The molecule has 0 aromatic heterocycles. The normalized spacial score (nSPS) is 30.7. The number of likely N-dealkylation sites (tertiary alicyclic amines) is 1. The molecule has 0 radical (unpaired) electrons. The number of hydrogen-bond acceptors (Lipinski definition) is 3. The van der Waals surface area contributed by atoms with Crippen LogP contribution in [0.5, 0.6) is 0 Å². The van der Waals surface area contributed by atoms with E-state index in [1.54, 1.807) is 18.7 Å². The second-order valence-electron chi connectivity index (χ2n) is 6.75. The maximum absolute atomic E-state index is 12.3. The van der Waals surface area contributed by atoms with Gasteiger partial charge in [-0.25, -0.2) is 9.59 Å². The van der Waals surface area contributed by atoms with E-state index in [1.807, 2.05) is 0 Å². The van der Waals surface area contributed by atoms with Crippen LogP contribution in [-0.4, -0.2) is 51.8 Å². The first kappa shape index (κ1) is 16.1. The summed E-state index contributed by atoms with van der Waals surface area (Å²) in [5.74, 6) is -1.06. The van der Waals surface area contributed by atoms with Crippen molar-refractivity contribution in [2.24, 2.45) is 11.8 Å². The number of piperidine rings is 1. The first-order valence-corrected chi connectivity index (χ1v) is 7.84. The standard InChI is InChI=1S/C15H26N2O4/c1-10(2)12(13(18)19)16-14(20)17-8-7-15(21)6-4-3-5-11(15)9-17/h10-12,21H,3-9H2,1-2H3,(H,16,20)(H,18,19). The number of aliphatic hydroxyl groups is 1. The minimum absolute atomic E-state index is 0.119. The van der Waals surface area contributed by atoms with Crippen LogP contribution in [0, 0.1) is 11.8 Å². The summed E-state index contributed by atoms with van der Waals surface area (Å²) in [7, 11) is 0. The summed E-state index contributed by atoms with van der Waals surface area (Å²) < 4.78 is 0. The highest BCUT2D eigenvalue weighted by Crippen LogP contribution is 2.39. The summed E-state index contributed by atoms with van der Waals surface area (Å²) in [6, 6.07) is -1.20. The van der Waals surface area contributed by atoms with E-state index in [0.29, 0.717) is 19.5 Å². The zero-order chi connectivity index (χ0) is 15.6. The van der Waals surface area contributed by atoms with Crippen molar-refractivity contribution < 1.29 is 19.8 Å². The molecule has 1 heterocycles. The summed E-state index contributed by atoms with van der Waals surface area (Å²) in [5.41, 5.74) is -0.626. The minimum Gasteiger partial charge on any atom is -0.480 e. The summed E-state index contributed by atoms with van der Waals surface area (Å²) >= 11 is 0. The zero-order valence-corrected chi connectivity index (χ0v) is 12.8. The first-order valence-electron chi connectivity index (χ1n) is 7.84. The van der Waals surface area contributed by atoms with E-state index in [9.17, 15) is 14.7 Å². The van der Waals surface area contributed by atoms with Crippen LogP contribution in [-0.2, 0) is 4.79 Å². The van der Waals surface area contributed by atoms with Crippen molar-refractivity contribution in [3.8, 4) is 0 Å². The lowest BCUT2D eigenvalue weighted by Crippen LogP contribution is -2.58. The molecular formula is C15H26N2O4. The molecule has 3 N–H and O–H groups in total. The summed E-state index contributed by atoms with van der Waals surface area (Å²) in [5, 5.41) is 22.3. The van der Waals surface area contributed by atoms with Crippen LogP contribution in [0.25, 0.3) is 0 Å². The fourth-order valence-corrected chi connectivity index (χ4v) is 3.49. The van der Waals surface area contributed by atoms with E-state index in [1.165, 1.54) is 0 Å². The molecule has 0 aromatic carbocycles. The Balaban J connectivity index is 1.96. The SMILES string of the molecule is CC(C)C(NC(=O)N1CCC2(O)CCCCC2C1)C(=O)O. The van der Waals surface area contributed by atoms with E-state index < -0.39 is 17.6 Å². The molecule has 21 heavy (non-hydrogen) atoms. The Morgan fingerprint density at radius 1 is 1.29 bits per heavy atom. The predicted molar refractivity (Wildman–Crippen MR) is 77.9 cm³/mol. The molecule has 0 spiro atoms. The van der Waals surface area contributed by atoms with Gasteiger partial charge >= 0.3 is 12.0 Å². The van der Waals surface area contributed by atoms with Gasteiger partial charge in [0.15, 0.2) is 0 Å². The van der Waals surface area contributed by atoms with Gasteiger partial charge in [0.25, 0.3) is 0 Å². The topological polar surface area (TPSA) is 89.9 Å². The van der Waals surface area contributed by atoms with E-state index in [4.69, 9.17) is 5.11 Å². The lowest BCUT2D eigenvalue weighted by molar-refractivity contribution is -0.140. The highest BCUT2D eigenvalue weighted by molar-refractivity contribution is 5.82. The van der Waals surface area contributed by atoms with Crippen molar-refractivity contribution in [1.82, 2.24) is 10.2 Å². The van der Waals surface area contributed by atoms with Crippen LogP contribution in [0.1, 0.15) is 46.0 Å². The van der Waals surface area contributed by atoms with Crippen molar-refractivity contribution in [1.29, 1.82) is 0 Å². The number of carboxylic acids is 1. The van der Waals surface area contributed by atoms with Crippen molar-refractivity contribution in [3.63, 3.8) is 0 Å². The number of hydrogen-bond donors (Lipinski definition) is 3. The smallest absolute Gasteiger partial charge is 0.326 e. The van der Waals surface area contributed by atoms with Crippen LogP contribution < -0.4 is 5.32 Å². The van der Waals surface area contributed by atoms with Gasteiger partial charge in [-0.15, -0.1) is 0 Å². The van der Waals surface area contributed by atoms with Gasteiger partial charge in [0.1, 0.15) is 6.04 Å². The Morgan fingerprint density at radius 3 is 2.62 bits per heavy atom. The fourth-order valence-electron chi connectivity index (χ4n) is 3.49. The molecule has 3 unspecified atom stereocenters. The predicted octanol–water partition coefficient (Wildman–Crippen LogP) is 1.43. The highest BCUT2D eigenvalue weighted by atomic mass is 16.4. The van der Waals surface area contributed by atoms with Crippen LogP contribution in [0.2, 0.25) is 0 Å². The van der Waals surface area contributed by atoms with Crippen molar-refractivity contribution in [3.05, 3.63) is 0 Å². The van der Waals surface area contributed by atoms with E-state index in [0.717, 1.165) is 25.7 Å². The average molecular weight is 298 g/mol. The summed E-state index contributed by atoms with van der Waals surface area (Å²) in [4.78, 5) is 25.1. The Bertz CT molecular complexity index is 412. The molecule has 2 fully saturated rings.